The van der Waals surface area contributed by atoms with Crippen LogP contribution in [0.1, 0.15) is 15.9 Å². The van der Waals surface area contributed by atoms with Crippen LogP contribution in [0, 0.1) is 0 Å². The first-order valence-corrected chi connectivity index (χ1v) is 8.38. The van der Waals surface area contributed by atoms with Gasteiger partial charge in [0.2, 0.25) is 12.7 Å². The molecule has 9 heteroatoms. The Hall–Kier alpha value is -2.77. The SMILES string of the molecule is O=C(Nc1ncn(Cc2ccc(Cl)cc2Cl)n1)c1ccc2c(c1)OCO2. The third-order valence-electron chi connectivity index (χ3n) is 3.74. The lowest BCUT2D eigenvalue weighted by Crippen LogP contribution is -2.13. The summed E-state index contributed by atoms with van der Waals surface area (Å²) < 4.78 is 12.1. The summed E-state index contributed by atoms with van der Waals surface area (Å²) >= 11 is 12.1. The number of hydrogen-bond donors (Lipinski definition) is 1. The Balaban J connectivity index is 1.45. The van der Waals surface area contributed by atoms with Crippen molar-refractivity contribution in [1.29, 1.82) is 0 Å². The van der Waals surface area contributed by atoms with Gasteiger partial charge in [-0.1, -0.05) is 29.3 Å². The lowest BCUT2D eigenvalue weighted by Gasteiger charge is -2.05. The first-order valence-electron chi connectivity index (χ1n) is 7.63. The molecule has 1 N–H and O–H groups in total. The van der Waals surface area contributed by atoms with Crippen LogP contribution in [0.15, 0.2) is 42.7 Å². The first kappa shape index (κ1) is 16.7. The number of fused-ring (bicyclic) bond motifs is 1. The van der Waals surface area contributed by atoms with Crippen LogP contribution in [0.4, 0.5) is 5.95 Å². The summed E-state index contributed by atoms with van der Waals surface area (Å²) in [5.41, 5.74) is 1.26. The molecule has 1 aliphatic rings. The van der Waals surface area contributed by atoms with Gasteiger partial charge in [0.1, 0.15) is 6.33 Å². The van der Waals surface area contributed by atoms with Gasteiger partial charge in [-0.25, -0.2) is 9.67 Å². The van der Waals surface area contributed by atoms with E-state index in [4.69, 9.17) is 32.7 Å². The largest absolute Gasteiger partial charge is 0.454 e. The second-order valence-electron chi connectivity index (χ2n) is 5.52. The number of nitrogens with zero attached hydrogens (tertiary/aromatic N) is 3. The van der Waals surface area contributed by atoms with E-state index in [-0.39, 0.29) is 18.6 Å². The van der Waals surface area contributed by atoms with E-state index in [1.165, 1.54) is 6.33 Å². The third-order valence-corrected chi connectivity index (χ3v) is 4.33. The first-order chi connectivity index (χ1) is 12.6. The molecular formula is C17H12Cl2N4O3. The van der Waals surface area contributed by atoms with Gasteiger partial charge in [-0.05, 0) is 35.9 Å². The summed E-state index contributed by atoms with van der Waals surface area (Å²) in [4.78, 5) is 16.4. The molecule has 1 amide bonds. The summed E-state index contributed by atoms with van der Waals surface area (Å²) in [5.74, 6) is 1.00. The average Bonchev–Trinajstić information content (AvgIpc) is 3.25. The molecule has 0 unspecified atom stereocenters. The molecule has 1 aliphatic heterocycles. The van der Waals surface area contributed by atoms with Crippen LogP contribution in [0.25, 0.3) is 0 Å². The summed E-state index contributed by atoms with van der Waals surface area (Å²) in [6.07, 6.45) is 1.51. The van der Waals surface area contributed by atoms with Gasteiger partial charge < -0.3 is 9.47 Å². The summed E-state index contributed by atoms with van der Waals surface area (Å²) in [6.45, 7) is 0.558. The number of halogens is 2. The molecular weight excluding hydrogens is 379 g/mol. The number of benzene rings is 2. The van der Waals surface area contributed by atoms with Crippen molar-refractivity contribution >= 4 is 35.1 Å². The van der Waals surface area contributed by atoms with Crippen LogP contribution >= 0.6 is 23.2 Å². The molecule has 2 heterocycles. The Kier molecular flexibility index (Phi) is 4.40. The third kappa shape index (κ3) is 3.44. The van der Waals surface area contributed by atoms with Crippen LogP contribution in [0.2, 0.25) is 10.0 Å². The van der Waals surface area contributed by atoms with E-state index in [1.54, 1.807) is 35.0 Å². The molecule has 0 fully saturated rings. The van der Waals surface area contributed by atoms with Crippen LogP contribution in [0.3, 0.4) is 0 Å². The van der Waals surface area contributed by atoms with Gasteiger partial charge in [-0.2, -0.15) is 0 Å². The van der Waals surface area contributed by atoms with Gasteiger partial charge in [0.25, 0.3) is 5.91 Å². The fraction of sp³-hybridized carbons (Fsp3) is 0.118. The van der Waals surface area contributed by atoms with E-state index in [0.717, 1.165) is 5.56 Å². The predicted octanol–water partition coefficient (Wildman–Crippen LogP) is 3.61. The molecule has 0 atom stereocenters. The van der Waals surface area contributed by atoms with E-state index in [2.05, 4.69) is 15.4 Å². The quantitative estimate of drug-likeness (QED) is 0.735. The number of nitrogens with one attached hydrogen (secondary N) is 1. The fourth-order valence-corrected chi connectivity index (χ4v) is 2.93. The van der Waals surface area contributed by atoms with Crippen molar-refractivity contribution < 1.29 is 14.3 Å². The standard InChI is InChI=1S/C17H12Cl2N4O3/c18-12-3-1-11(13(19)6-12)7-23-8-20-17(22-23)21-16(24)10-2-4-14-15(5-10)26-9-25-14/h1-6,8H,7,9H2,(H,21,22,24). The van der Waals surface area contributed by atoms with Crippen molar-refractivity contribution in [3.63, 3.8) is 0 Å². The van der Waals surface area contributed by atoms with E-state index in [1.807, 2.05) is 6.07 Å². The van der Waals surface area contributed by atoms with Gasteiger partial charge in [0.15, 0.2) is 11.5 Å². The lowest BCUT2D eigenvalue weighted by molar-refractivity contribution is 0.102. The molecule has 0 spiro atoms. The van der Waals surface area contributed by atoms with Gasteiger partial charge in [0.05, 0.1) is 6.54 Å². The van der Waals surface area contributed by atoms with Crippen LogP contribution < -0.4 is 14.8 Å². The number of rotatable bonds is 4. The maximum atomic E-state index is 12.3. The van der Waals surface area contributed by atoms with Crippen LogP contribution in [0.5, 0.6) is 11.5 Å². The van der Waals surface area contributed by atoms with Crippen molar-refractivity contribution in [3.05, 3.63) is 63.9 Å². The molecule has 1 aromatic heterocycles. The van der Waals surface area contributed by atoms with E-state index >= 15 is 0 Å². The Morgan fingerprint density at radius 2 is 2.00 bits per heavy atom. The summed E-state index contributed by atoms with van der Waals surface area (Å²) in [5, 5.41) is 7.98. The minimum atomic E-state index is -0.342. The normalized spacial score (nSPS) is 12.2. The van der Waals surface area contributed by atoms with Crippen molar-refractivity contribution in [3.8, 4) is 11.5 Å². The second-order valence-corrected chi connectivity index (χ2v) is 6.37. The van der Waals surface area contributed by atoms with Crippen LogP contribution in [-0.4, -0.2) is 27.5 Å². The Morgan fingerprint density at radius 3 is 2.85 bits per heavy atom. The zero-order valence-electron chi connectivity index (χ0n) is 13.3. The van der Waals surface area contributed by atoms with Crippen molar-refractivity contribution in [2.75, 3.05) is 12.1 Å². The van der Waals surface area contributed by atoms with Crippen LogP contribution in [-0.2, 0) is 6.54 Å². The van der Waals surface area contributed by atoms with Crippen molar-refractivity contribution in [2.24, 2.45) is 0 Å². The Morgan fingerprint density at radius 1 is 1.15 bits per heavy atom. The number of ether oxygens (including phenoxy) is 2. The highest BCUT2D eigenvalue weighted by Crippen LogP contribution is 2.32. The molecule has 4 rings (SSSR count). The summed E-state index contributed by atoms with van der Waals surface area (Å²) in [7, 11) is 0. The fourth-order valence-electron chi connectivity index (χ4n) is 2.46. The molecule has 3 aromatic rings. The molecule has 0 saturated carbocycles. The molecule has 132 valence electrons. The highest BCUT2D eigenvalue weighted by atomic mass is 35.5. The maximum absolute atomic E-state index is 12.3. The molecule has 26 heavy (non-hydrogen) atoms. The van der Waals surface area contributed by atoms with Gasteiger partial charge in [-0.3, -0.25) is 10.1 Å². The van der Waals surface area contributed by atoms with Crippen molar-refractivity contribution in [2.45, 2.75) is 6.54 Å². The van der Waals surface area contributed by atoms with E-state index in [0.29, 0.717) is 33.7 Å². The zero-order chi connectivity index (χ0) is 18.1. The second kappa shape index (κ2) is 6.86. The molecule has 2 aromatic carbocycles. The lowest BCUT2D eigenvalue weighted by atomic mass is 10.2. The van der Waals surface area contributed by atoms with E-state index < -0.39 is 0 Å². The predicted molar refractivity (Wildman–Crippen MR) is 96.1 cm³/mol. The number of aromatic nitrogens is 3. The molecule has 7 nitrogen and oxygen atoms in total. The molecule has 0 bridgehead atoms. The molecule has 0 aliphatic carbocycles. The monoisotopic (exact) mass is 390 g/mol. The maximum Gasteiger partial charge on any atom is 0.258 e. The highest BCUT2D eigenvalue weighted by Gasteiger charge is 2.17. The number of carbonyl (C=O) groups is 1. The van der Waals surface area contributed by atoms with Gasteiger partial charge in [0, 0.05) is 15.6 Å². The topological polar surface area (TPSA) is 78.3 Å². The molecule has 0 saturated heterocycles. The smallest absolute Gasteiger partial charge is 0.258 e. The summed E-state index contributed by atoms with van der Waals surface area (Å²) in [6, 6.07) is 10.2. The number of anilines is 1. The Bertz CT molecular complexity index is 990. The number of hydrogen-bond acceptors (Lipinski definition) is 5. The van der Waals surface area contributed by atoms with Crippen molar-refractivity contribution in [1.82, 2.24) is 14.8 Å². The Labute approximate surface area is 158 Å². The minimum Gasteiger partial charge on any atom is -0.454 e. The minimum absolute atomic E-state index is 0.152. The average molecular weight is 391 g/mol. The molecule has 0 radical (unpaired) electrons. The highest BCUT2D eigenvalue weighted by molar-refractivity contribution is 6.35. The van der Waals surface area contributed by atoms with E-state index in [9.17, 15) is 4.79 Å². The number of amides is 1. The number of carbonyl (C=O) groups excluding carboxylic acids is 1. The zero-order valence-corrected chi connectivity index (χ0v) is 14.8. The van der Waals surface area contributed by atoms with Gasteiger partial charge >= 0.3 is 0 Å². The van der Waals surface area contributed by atoms with Gasteiger partial charge in [-0.15, -0.1) is 5.10 Å².